The van der Waals surface area contributed by atoms with Crippen LogP contribution in [0.1, 0.15) is 27.3 Å². The molecule has 0 aliphatic rings. The number of halogens is 2. The van der Waals surface area contributed by atoms with Gasteiger partial charge in [0.05, 0.1) is 26.7 Å². The summed E-state index contributed by atoms with van der Waals surface area (Å²) in [7, 11) is 0. The number of nitrogens with two attached hydrogens (primary N) is 1. The molecule has 0 atom stereocenters. The van der Waals surface area contributed by atoms with Gasteiger partial charge in [-0.05, 0) is 31.5 Å². The Kier molecular flexibility index (Phi) is 5.26. The van der Waals surface area contributed by atoms with Gasteiger partial charge < -0.3 is 10.7 Å². The van der Waals surface area contributed by atoms with Crippen LogP contribution in [-0.2, 0) is 0 Å². The third-order valence-corrected chi connectivity index (χ3v) is 4.93. The van der Waals surface area contributed by atoms with Crippen molar-refractivity contribution in [2.24, 2.45) is 5.73 Å². The first-order valence-electron chi connectivity index (χ1n) is 8.16. The lowest BCUT2D eigenvalue weighted by molar-refractivity contribution is 0.103. The average molecular weight is 401 g/mol. The van der Waals surface area contributed by atoms with Gasteiger partial charge in [0.2, 0.25) is 0 Å². The Bertz CT molecular complexity index is 1130. The molecule has 0 amide bonds. The number of nitrogens with zero attached hydrogens (tertiary/aromatic N) is 1. The van der Waals surface area contributed by atoms with Crippen molar-refractivity contribution in [3.63, 3.8) is 0 Å². The van der Waals surface area contributed by atoms with E-state index in [9.17, 15) is 4.79 Å². The number of carbonyl (C=O) groups excluding carboxylic acids is 1. The summed E-state index contributed by atoms with van der Waals surface area (Å²) in [6.45, 7) is 7.48. The molecule has 0 unspecified atom stereocenters. The molecule has 5 nitrogen and oxygen atoms in total. The molecule has 2 aromatic heterocycles. The van der Waals surface area contributed by atoms with Gasteiger partial charge in [0, 0.05) is 34.4 Å². The monoisotopic (exact) mass is 400 g/mol. The molecule has 0 spiro atoms. The Balaban J connectivity index is 2.17. The van der Waals surface area contributed by atoms with Gasteiger partial charge in [-0.25, -0.2) is 0 Å². The molecule has 2 heterocycles. The number of allylic oxidation sites excluding steroid dienone is 1. The fraction of sp³-hybridized carbons (Fsp3) is 0.100. The number of aromatic amines is 2. The highest BCUT2D eigenvalue weighted by molar-refractivity contribution is 6.41. The van der Waals surface area contributed by atoms with Crippen molar-refractivity contribution in [1.82, 2.24) is 15.2 Å². The molecule has 7 heteroatoms. The van der Waals surface area contributed by atoms with Gasteiger partial charge >= 0.3 is 0 Å². The van der Waals surface area contributed by atoms with Crippen LogP contribution in [0.15, 0.2) is 31.0 Å². The van der Waals surface area contributed by atoms with E-state index in [0.29, 0.717) is 16.1 Å². The summed E-state index contributed by atoms with van der Waals surface area (Å²) in [6.07, 6.45) is 6.27. The van der Waals surface area contributed by atoms with E-state index in [1.165, 1.54) is 6.20 Å². The zero-order valence-corrected chi connectivity index (χ0v) is 16.4. The lowest BCUT2D eigenvalue weighted by Gasteiger charge is -2.09. The van der Waals surface area contributed by atoms with Gasteiger partial charge in [-0.15, -0.1) is 0 Å². The number of H-pyrrole nitrogens is 2. The third-order valence-electron chi connectivity index (χ3n) is 4.33. The minimum absolute atomic E-state index is 0.238. The summed E-state index contributed by atoms with van der Waals surface area (Å²) in [5, 5.41) is 8.91. The van der Waals surface area contributed by atoms with Crippen LogP contribution >= 0.6 is 23.2 Å². The number of carbonyl (C=O) groups is 1. The lowest BCUT2D eigenvalue weighted by Crippen LogP contribution is -2.28. The van der Waals surface area contributed by atoms with E-state index >= 15 is 0 Å². The molecule has 0 fully saturated rings. The highest BCUT2D eigenvalue weighted by Crippen LogP contribution is 2.34. The van der Waals surface area contributed by atoms with E-state index in [4.69, 9.17) is 28.9 Å². The van der Waals surface area contributed by atoms with Crippen molar-refractivity contribution in [2.75, 3.05) is 0 Å². The standard InChI is InChI=1S/C20H18Cl2N4O/c1-4-5-13-14(9-24-17(13)8-23)20(27)19-15(21)6-12(7-16(19)22)18-10(2)25-26-11(18)3/h4-9,24H,1,23H2,2-3H3,(H,25,26)/b13-5-,17-8+. The summed E-state index contributed by atoms with van der Waals surface area (Å²) in [4.78, 5) is 16.1. The molecule has 0 bridgehead atoms. The molecule has 138 valence electrons. The summed E-state index contributed by atoms with van der Waals surface area (Å²) in [5.41, 5.74) is 9.71. The molecule has 0 saturated carbocycles. The first-order valence-corrected chi connectivity index (χ1v) is 8.92. The summed E-state index contributed by atoms with van der Waals surface area (Å²) in [5.74, 6) is -0.297. The van der Waals surface area contributed by atoms with Crippen LogP contribution in [-0.4, -0.2) is 21.0 Å². The van der Waals surface area contributed by atoms with Crippen molar-refractivity contribution >= 4 is 41.3 Å². The number of aryl methyl sites for hydroxylation is 2. The Labute approximate surface area is 166 Å². The lowest BCUT2D eigenvalue weighted by atomic mass is 9.98. The van der Waals surface area contributed by atoms with E-state index < -0.39 is 0 Å². The third kappa shape index (κ3) is 3.31. The Morgan fingerprint density at radius 1 is 1.26 bits per heavy atom. The number of hydrogen-bond acceptors (Lipinski definition) is 3. The summed E-state index contributed by atoms with van der Waals surface area (Å²) in [6, 6.07) is 3.45. The van der Waals surface area contributed by atoms with Gasteiger partial charge in [0.25, 0.3) is 0 Å². The fourth-order valence-electron chi connectivity index (χ4n) is 3.12. The highest BCUT2D eigenvalue weighted by Gasteiger charge is 2.21. The minimum atomic E-state index is -0.297. The Hall–Kier alpha value is -2.76. The number of ketones is 1. The topological polar surface area (TPSA) is 87.6 Å². The van der Waals surface area contributed by atoms with Crippen LogP contribution in [0.4, 0.5) is 0 Å². The quantitative estimate of drug-likeness (QED) is 0.587. The van der Waals surface area contributed by atoms with E-state index in [-0.39, 0.29) is 21.4 Å². The van der Waals surface area contributed by atoms with Crippen molar-refractivity contribution < 1.29 is 4.79 Å². The van der Waals surface area contributed by atoms with Crippen molar-refractivity contribution in [3.8, 4) is 11.1 Å². The SMILES string of the molecule is C=C/C=c1/c(C(=O)c2c(Cl)cc(-c3c(C)n[nH]c3C)cc2Cl)c[nH]/c1=C/N. The van der Waals surface area contributed by atoms with Gasteiger partial charge in [-0.1, -0.05) is 41.9 Å². The molecule has 4 N–H and O–H groups in total. The second-order valence-electron chi connectivity index (χ2n) is 6.05. The number of rotatable bonds is 4. The fourth-order valence-corrected chi connectivity index (χ4v) is 3.78. The highest BCUT2D eigenvalue weighted by atomic mass is 35.5. The molecule has 27 heavy (non-hydrogen) atoms. The number of hydrogen-bond donors (Lipinski definition) is 3. The smallest absolute Gasteiger partial charge is 0.198 e. The predicted molar refractivity (Wildman–Crippen MR) is 110 cm³/mol. The van der Waals surface area contributed by atoms with Crippen LogP contribution < -0.4 is 16.3 Å². The molecule has 3 aromatic rings. The molecule has 0 aliphatic carbocycles. The molecule has 0 aliphatic heterocycles. The average Bonchev–Trinajstić information content (AvgIpc) is 3.17. The maximum atomic E-state index is 13.1. The van der Waals surface area contributed by atoms with E-state index in [2.05, 4.69) is 21.8 Å². The van der Waals surface area contributed by atoms with Crippen molar-refractivity contribution in [3.05, 3.63) is 74.1 Å². The molecular weight excluding hydrogens is 383 g/mol. The first kappa shape index (κ1) is 19.0. The van der Waals surface area contributed by atoms with Gasteiger partial charge in [0.15, 0.2) is 5.78 Å². The van der Waals surface area contributed by atoms with Crippen LogP contribution in [0.3, 0.4) is 0 Å². The molecule has 0 saturated heterocycles. The van der Waals surface area contributed by atoms with Gasteiger partial charge in [-0.3, -0.25) is 9.89 Å². The van der Waals surface area contributed by atoms with E-state index in [1.807, 2.05) is 13.8 Å². The molecule has 0 radical (unpaired) electrons. The first-order chi connectivity index (χ1) is 12.9. The van der Waals surface area contributed by atoms with E-state index in [0.717, 1.165) is 22.5 Å². The van der Waals surface area contributed by atoms with Crippen LogP contribution in [0.2, 0.25) is 10.0 Å². The molecular formula is C20H18Cl2N4O. The maximum Gasteiger partial charge on any atom is 0.198 e. The van der Waals surface area contributed by atoms with Crippen LogP contribution in [0.25, 0.3) is 23.4 Å². The van der Waals surface area contributed by atoms with Crippen LogP contribution in [0.5, 0.6) is 0 Å². The molecule has 1 aromatic carbocycles. The zero-order valence-electron chi connectivity index (χ0n) is 14.9. The number of benzene rings is 1. The largest absolute Gasteiger partial charge is 0.403 e. The van der Waals surface area contributed by atoms with Crippen molar-refractivity contribution in [1.29, 1.82) is 0 Å². The maximum absolute atomic E-state index is 13.1. The Morgan fingerprint density at radius 3 is 2.44 bits per heavy atom. The second-order valence-corrected chi connectivity index (χ2v) is 6.87. The predicted octanol–water partition coefficient (Wildman–Crippen LogP) is 3.22. The Morgan fingerprint density at radius 2 is 1.93 bits per heavy atom. The number of aromatic nitrogens is 3. The van der Waals surface area contributed by atoms with Crippen LogP contribution in [0, 0.1) is 13.8 Å². The normalized spacial score (nSPS) is 12.6. The van der Waals surface area contributed by atoms with Gasteiger partial charge in [-0.2, -0.15) is 5.10 Å². The number of nitrogens with one attached hydrogen (secondary N) is 2. The summed E-state index contributed by atoms with van der Waals surface area (Å²) < 4.78 is 0. The zero-order chi connectivity index (χ0) is 19.7. The molecule has 3 rings (SSSR count). The second kappa shape index (κ2) is 7.47. The van der Waals surface area contributed by atoms with E-state index in [1.54, 1.807) is 30.5 Å². The van der Waals surface area contributed by atoms with Crippen molar-refractivity contribution in [2.45, 2.75) is 13.8 Å². The minimum Gasteiger partial charge on any atom is -0.403 e. The summed E-state index contributed by atoms with van der Waals surface area (Å²) >= 11 is 12.9. The van der Waals surface area contributed by atoms with Gasteiger partial charge in [0.1, 0.15) is 0 Å².